The van der Waals surface area contributed by atoms with Crippen molar-refractivity contribution in [3.05, 3.63) is 24.3 Å². The van der Waals surface area contributed by atoms with Crippen molar-refractivity contribution in [1.82, 2.24) is 0 Å². The monoisotopic (exact) mass is 251 g/mol. The van der Waals surface area contributed by atoms with Gasteiger partial charge in [0.05, 0.1) is 33.0 Å². The lowest BCUT2D eigenvalue weighted by molar-refractivity contribution is -0.139. The van der Waals surface area contributed by atoms with Gasteiger partial charge in [-0.3, -0.25) is 9.79 Å². The lowest BCUT2D eigenvalue weighted by Crippen LogP contribution is -2.14. The number of methoxy groups -OCH3 is 3. The summed E-state index contributed by atoms with van der Waals surface area (Å²) >= 11 is 0. The van der Waals surface area contributed by atoms with Gasteiger partial charge in [0.15, 0.2) is 0 Å². The quantitative estimate of drug-likeness (QED) is 0.573. The highest BCUT2D eigenvalue weighted by atomic mass is 16.5. The van der Waals surface area contributed by atoms with Gasteiger partial charge in [-0.25, -0.2) is 0 Å². The molecule has 0 aromatic heterocycles. The molecule has 5 nitrogen and oxygen atoms in total. The molecule has 0 N–H and O–H groups in total. The molecular formula is C13H17NO4. The van der Waals surface area contributed by atoms with E-state index in [0.29, 0.717) is 17.1 Å². The van der Waals surface area contributed by atoms with Gasteiger partial charge in [-0.05, 0) is 12.1 Å². The summed E-state index contributed by atoms with van der Waals surface area (Å²) in [6.45, 7) is 0.271. The van der Waals surface area contributed by atoms with E-state index < -0.39 is 0 Å². The first-order valence-corrected chi connectivity index (χ1v) is 5.46. The van der Waals surface area contributed by atoms with E-state index in [1.807, 2.05) is 18.2 Å². The van der Waals surface area contributed by atoms with Gasteiger partial charge < -0.3 is 14.2 Å². The Morgan fingerprint density at radius 3 is 2.56 bits per heavy atom. The molecule has 1 aromatic rings. The number of carbonyl (C=O) groups excluding carboxylic acids is 1. The van der Waals surface area contributed by atoms with Gasteiger partial charge in [0, 0.05) is 7.11 Å². The summed E-state index contributed by atoms with van der Waals surface area (Å²) in [6.07, 6.45) is 0.0996. The second kappa shape index (κ2) is 7.45. The fraction of sp³-hybridized carbons (Fsp3) is 0.385. The van der Waals surface area contributed by atoms with E-state index in [4.69, 9.17) is 9.47 Å². The van der Waals surface area contributed by atoms with Crippen molar-refractivity contribution in [1.29, 1.82) is 0 Å². The molecule has 0 unspecified atom stereocenters. The fourth-order valence-electron chi connectivity index (χ4n) is 1.42. The summed E-state index contributed by atoms with van der Waals surface area (Å²) in [5, 5.41) is 0. The zero-order valence-corrected chi connectivity index (χ0v) is 10.8. The molecule has 0 aliphatic carbocycles. The highest BCUT2D eigenvalue weighted by molar-refractivity contribution is 6.01. The Morgan fingerprint density at radius 2 is 1.94 bits per heavy atom. The molecule has 98 valence electrons. The van der Waals surface area contributed by atoms with Crippen LogP contribution in [0.25, 0.3) is 0 Å². The number of hydrogen-bond donors (Lipinski definition) is 0. The second-order valence-electron chi connectivity index (χ2n) is 3.54. The molecule has 1 rings (SSSR count). The minimum Gasteiger partial charge on any atom is -0.494 e. The number of hydrogen-bond acceptors (Lipinski definition) is 5. The molecule has 0 radical (unpaired) electrons. The SMILES string of the molecule is COCC(CC(=O)OC)=Nc1ccccc1OC. The summed E-state index contributed by atoms with van der Waals surface area (Å²) in [5.74, 6) is 0.302. The lowest BCUT2D eigenvalue weighted by atomic mass is 10.2. The fourth-order valence-corrected chi connectivity index (χ4v) is 1.42. The van der Waals surface area contributed by atoms with Crippen LogP contribution in [0.3, 0.4) is 0 Å². The van der Waals surface area contributed by atoms with Crippen LogP contribution in [0.15, 0.2) is 29.3 Å². The maximum Gasteiger partial charge on any atom is 0.311 e. The van der Waals surface area contributed by atoms with Crippen molar-refractivity contribution in [2.45, 2.75) is 6.42 Å². The van der Waals surface area contributed by atoms with Crippen LogP contribution in [-0.4, -0.2) is 39.6 Å². The first-order valence-electron chi connectivity index (χ1n) is 5.46. The zero-order valence-electron chi connectivity index (χ0n) is 10.8. The van der Waals surface area contributed by atoms with E-state index in [1.54, 1.807) is 20.3 Å². The van der Waals surface area contributed by atoms with Crippen LogP contribution >= 0.6 is 0 Å². The number of benzene rings is 1. The largest absolute Gasteiger partial charge is 0.494 e. The zero-order chi connectivity index (χ0) is 13.4. The molecule has 0 spiro atoms. The highest BCUT2D eigenvalue weighted by Crippen LogP contribution is 2.26. The Hall–Kier alpha value is -1.88. The van der Waals surface area contributed by atoms with Crippen molar-refractivity contribution in [2.24, 2.45) is 4.99 Å². The maximum atomic E-state index is 11.3. The molecule has 0 aliphatic heterocycles. The van der Waals surface area contributed by atoms with Gasteiger partial charge in [0.1, 0.15) is 11.4 Å². The van der Waals surface area contributed by atoms with Crippen LogP contribution in [0, 0.1) is 0 Å². The normalized spacial score (nSPS) is 11.2. The number of ether oxygens (including phenoxy) is 3. The third kappa shape index (κ3) is 4.18. The second-order valence-corrected chi connectivity index (χ2v) is 3.54. The maximum absolute atomic E-state index is 11.3. The van der Waals surface area contributed by atoms with Crippen molar-refractivity contribution >= 4 is 17.4 Å². The van der Waals surface area contributed by atoms with E-state index in [0.717, 1.165) is 0 Å². The van der Waals surface area contributed by atoms with Crippen molar-refractivity contribution in [2.75, 3.05) is 27.9 Å². The van der Waals surface area contributed by atoms with Crippen LogP contribution in [0.2, 0.25) is 0 Å². The van der Waals surface area contributed by atoms with Gasteiger partial charge in [-0.1, -0.05) is 12.1 Å². The number of aliphatic imine (C=N–C) groups is 1. The molecule has 1 aromatic carbocycles. The summed E-state index contributed by atoms with van der Waals surface area (Å²) in [7, 11) is 4.47. The van der Waals surface area contributed by atoms with Crippen LogP contribution in [0.5, 0.6) is 5.75 Å². The van der Waals surface area contributed by atoms with Gasteiger partial charge in [0.2, 0.25) is 0 Å². The van der Waals surface area contributed by atoms with Crippen LogP contribution in [0.1, 0.15) is 6.42 Å². The number of para-hydroxylation sites is 2. The molecule has 0 saturated heterocycles. The van der Waals surface area contributed by atoms with Crippen LogP contribution in [0.4, 0.5) is 5.69 Å². The van der Waals surface area contributed by atoms with Crippen molar-refractivity contribution in [3.63, 3.8) is 0 Å². The van der Waals surface area contributed by atoms with Crippen molar-refractivity contribution < 1.29 is 19.0 Å². The number of nitrogens with zero attached hydrogens (tertiary/aromatic N) is 1. The third-order valence-corrected chi connectivity index (χ3v) is 2.25. The van der Waals surface area contributed by atoms with E-state index >= 15 is 0 Å². The average molecular weight is 251 g/mol. The van der Waals surface area contributed by atoms with E-state index in [2.05, 4.69) is 9.73 Å². The van der Waals surface area contributed by atoms with Gasteiger partial charge in [-0.15, -0.1) is 0 Å². The molecule has 0 bridgehead atoms. The van der Waals surface area contributed by atoms with E-state index in [9.17, 15) is 4.79 Å². The topological polar surface area (TPSA) is 57.1 Å². The Balaban J connectivity index is 2.95. The smallest absolute Gasteiger partial charge is 0.311 e. The third-order valence-electron chi connectivity index (χ3n) is 2.25. The lowest BCUT2D eigenvalue weighted by Gasteiger charge is -2.07. The number of esters is 1. The first-order chi connectivity index (χ1) is 8.71. The van der Waals surface area contributed by atoms with Crippen LogP contribution < -0.4 is 4.74 Å². The average Bonchev–Trinajstić information content (AvgIpc) is 2.39. The van der Waals surface area contributed by atoms with Crippen molar-refractivity contribution in [3.8, 4) is 5.75 Å². The number of carbonyl (C=O) groups is 1. The molecule has 0 saturated carbocycles. The Kier molecular flexibility index (Phi) is 5.87. The Morgan fingerprint density at radius 1 is 1.22 bits per heavy atom. The molecule has 0 amide bonds. The van der Waals surface area contributed by atoms with Crippen LogP contribution in [-0.2, 0) is 14.3 Å². The summed E-state index contributed by atoms with van der Waals surface area (Å²) in [6, 6.07) is 7.32. The summed E-state index contributed by atoms with van der Waals surface area (Å²) in [4.78, 5) is 15.6. The van der Waals surface area contributed by atoms with Gasteiger partial charge in [-0.2, -0.15) is 0 Å². The highest BCUT2D eigenvalue weighted by Gasteiger charge is 2.09. The molecule has 0 atom stereocenters. The van der Waals surface area contributed by atoms with E-state index in [-0.39, 0.29) is 19.0 Å². The Bertz CT molecular complexity index is 429. The minimum absolute atomic E-state index is 0.0996. The summed E-state index contributed by atoms with van der Waals surface area (Å²) < 4.78 is 14.8. The molecular weight excluding hydrogens is 234 g/mol. The predicted octanol–water partition coefficient (Wildman–Crippen LogP) is 1.98. The molecule has 5 heteroatoms. The standard InChI is InChI=1S/C13H17NO4/c1-16-9-10(8-13(15)18-3)14-11-6-4-5-7-12(11)17-2/h4-7H,8-9H2,1-3H3. The number of rotatable bonds is 6. The Labute approximate surface area is 106 Å². The molecule has 0 heterocycles. The van der Waals surface area contributed by atoms with Gasteiger partial charge in [0.25, 0.3) is 0 Å². The first kappa shape index (κ1) is 14.2. The molecule has 0 aliphatic rings. The molecule has 18 heavy (non-hydrogen) atoms. The van der Waals surface area contributed by atoms with Gasteiger partial charge >= 0.3 is 5.97 Å². The molecule has 0 fully saturated rings. The minimum atomic E-state index is -0.347. The predicted molar refractivity (Wildman–Crippen MR) is 68.6 cm³/mol. The van der Waals surface area contributed by atoms with E-state index in [1.165, 1.54) is 7.11 Å². The summed E-state index contributed by atoms with van der Waals surface area (Å²) in [5.41, 5.74) is 1.25.